The summed E-state index contributed by atoms with van der Waals surface area (Å²) in [5.41, 5.74) is 8.59. The van der Waals surface area contributed by atoms with Crippen molar-refractivity contribution in [3.8, 4) is 0 Å². The third-order valence-corrected chi connectivity index (χ3v) is 7.02. The SMILES string of the molecule is CC(CN1CCCCC1)OC(=O)Nc1cc(Cn2c(C(=O)O)cc3ccc(CN)nc32)c2ccccc2c1. The molecule has 1 fully saturated rings. The van der Waals surface area contributed by atoms with Crippen molar-refractivity contribution in [2.24, 2.45) is 5.73 Å². The summed E-state index contributed by atoms with van der Waals surface area (Å²) >= 11 is 0. The molecule has 0 bridgehead atoms. The standard InChI is InChI=1S/C29H33N5O4/c1-19(17-33-11-5-2-6-12-33)38-29(37)32-24-13-20-7-3-4-8-25(20)22(14-24)18-34-26(28(35)36)15-21-9-10-23(16-30)31-27(21)34/h3-4,7-10,13-15,19H,2,5-6,11-12,16-18,30H2,1H3,(H,32,37)(H,35,36). The topological polar surface area (TPSA) is 123 Å². The molecule has 9 heteroatoms. The third-order valence-electron chi connectivity index (χ3n) is 7.02. The average Bonchev–Trinajstić information content (AvgIpc) is 3.27. The Morgan fingerprint density at radius 3 is 2.63 bits per heavy atom. The molecule has 1 saturated heterocycles. The quantitative estimate of drug-likeness (QED) is 0.307. The highest BCUT2D eigenvalue weighted by Crippen LogP contribution is 2.28. The molecule has 1 unspecified atom stereocenters. The van der Waals surface area contributed by atoms with Crippen molar-refractivity contribution in [2.75, 3.05) is 25.0 Å². The number of anilines is 1. The normalized spacial score (nSPS) is 15.0. The van der Waals surface area contributed by atoms with Crippen molar-refractivity contribution in [2.45, 2.75) is 45.4 Å². The number of nitrogens with two attached hydrogens (primary N) is 1. The Kier molecular flexibility index (Phi) is 7.57. The van der Waals surface area contributed by atoms with Gasteiger partial charge in [-0.2, -0.15) is 0 Å². The molecule has 9 nitrogen and oxygen atoms in total. The van der Waals surface area contributed by atoms with E-state index in [4.69, 9.17) is 10.5 Å². The van der Waals surface area contributed by atoms with Crippen molar-refractivity contribution in [3.63, 3.8) is 0 Å². The minimum Gasteiger partial charge on any atom is -0.477 e. The first kappa shape index (κ1) is 25.7. The zero-order chi connectivity index (χ0) is 26.6. The molecular formula is C29H33N5O4. The number of rotatable bonds is 8. The van der Waals surface area contributed by atoms with Gasteiger partial charge >= 0.3 is 12.1 Å². The van der Waals surface area contributed by atoms with Crippen LogP contribution < -0.4 is 11.1 Å². The lowest BCUT2D eigenvalue weighted by Crippen LogP contribution is -2.37. The Morgan fingerprint density at radius 1 is 1.08 bits per heavy atom. The Balaban J connectivity index is 1.42. The molecule has 198 valence electrons. The number of aromatic nitrogens is 2. The van der Waals surface area contributed by atoms with Gasteiger partial charge in [0, 0.05) is 24.2 Å². The van der Waals surface area contributed by atoms with Gasteiger partial charge in [-0.15, -0.1) is 0 Å². The highest BCUT2D eigenvalue weighted by Gasteiger charge is 2.19. The molecular weight excluding hydrogens is 482 g/mol. The first-order valence-electron chi connectivity index (χ1n) is 13.1. The number of carbonyl (C=O) groups is 2. The summed E-state index contributed by atoms with van der Waals surface area (Å²) in [5, 5.41) is 15.4. The zero-order valence-electron chi connectivity index (χ0n) is 21.5. The molecule has 0 radical (unpaired) electrons. The van der Waals surface area contributed by atoms with E-state index in [0.717, 1.165) is 34.8 Å². The number of hydrogen-bond donors (Lipinski definition) is 3. The molecule has 3 heterocycles. The van der Waals surface area contributed by atoms with Crippen LogP contribution in [-0.4, -0.2) is 57.4 Å². The van der Waals surface area contributed by atoms with Gasteiger partial charge < -0.3 is 20.1 Å². The molecule has 4 N–H and O–H groups in total. The molecule has 0 aliphatic carbocycles. The lowest BCUT2D eigenvalue weighted by Gasteiger charge is -2.28. The molecule has 38 heavy (non-hydrogen) atoms. The second-order valence-electron chi connectivity index (χ2n) is 9.90. The summed E-state index contributed by atoms with van der Waals surface area (Å²) in [6.45, 7) is 5.21. The fourth-order valence-electron chi connectivity index (χ4n) is 5.25. The number of nitrogens with one attached hydrogen (secondary N) is 1. The van der Waals surface area contributed by atoms with Gasteiger partial charge in [-0.25, -0.2) is 14.6 Å². The molecule has 2 aromatic carbocycles. The summed E-state index contributed by atoms with van der Waals surface area (Å²) in [6.07, 6.45) is 2.88. The van der Waals surface area contributed by atoms with Gasteiger partial charge in [0.1, 0.15) is 17.4 Å². The van der Waals surface area contributed by atoms with E-state index in [1.54, 1.807) is 16.7 Å². The fraction of sp³-hybridized carbons (Fsp3) is 0.345. The maximum absolute atomic E-state index is 12.8. The van der Waals surface area contributed by atoms with E-state index in [2.05, 4.69) is 15.2 Å². The molecule has 0 spiro atoms. The number of nitrogens with zero attached hydrogens (tertiary/aromatic N) is 3. The maximum Gasteiger partial charge on any atom is 0.411 e. The van der Waals surface area contributed by atoms with E-state index in [-0.39, 0.29) is 24.9 Å². The number of aromatic carboxylic acids is 1. The molecule has 1 atom stereocenters. The van der Waals surface area contributed by atoms with Gasteiger partial charge in [0.15, 0.2) is 0 Å². The van der Waals surface area contributed by atoms with Crippen molar-refractivity contribution in [1.29, 1.82) is 0 Å². The lowest BCUT2D eigenvalue weighted by atomic mass is 10.0. The molecule has 0 saturated carbocycles. The summed E-state index contributed by atoms with van der Waals surface area (Å²) < 4.78 is 7.33. The number of fused-ring (bicyclic) bond motifs is 2. The van der Waals surface area contributed by atoms with E-state index < -0.39 is 12.1 Å². The van der Waals surface area contributed by atoms with Gasteiger partial charge in [-0.3, -0.25) is 10.2 Å². The van der Waals surface area contributed by atoms with Crippen LogP contribution >= 0.6 is 0 Å². The molecule has 4 aromatic rings. The van der Waals surface area contributed by atoms with Crippen LogP contribution in [0.5, 0.6) is 0 Å². The Labute approximate surface area is 221 Å². The fourth-order valence-corrected chi connectivity index (χ4v) is 5.25. The van der Waals surface area contributed by atoms with Gasteiger partial charge in [-0.05, 0) is 79.5 Å². The van der Waals surface area contributed by atoms with Crippen LogP contribution in [-0.2, 0) is 17.8 Å². The number of carboxylic acid groups (broad SMARTS) is 1. The van der Waals surface area contributed by atoms with Crippen LogP contribution in [0.3, 0.4) is 0 Å². The first-order valence-corrected chi connectivity index (χ1v) is 13.1. The van der Waals surface area contributed by atoms with Crippen molar-refractivity contribution < 1.29 is 19.4 Å². The molecule has 2 aromatic heterocycles. The molecule has 1 aliphatic rings. The van der Waals surface area contributed by atoms with Crippen LogP contribution in [0.15, 0.2) is 54.6 Å². The summed E-state index contributed by atoms with van der Waals surface area (Å²) in [6, 6.07) is 16.8. The van der Waals surface area contributed by atoms with Crippen LogP contribution in [0.2, 0.25) is 0 Å². The van der Waals surface area contributed by atoms with Gasteiger partial charge in [0.25, 0.3) is 0 Å². The van der Waals surface area contributed by atoms with E-state index in [0.29, 0.717) is 23.6 Å². The maximum atomic E-state index is 12.8. The van der Waals surface area contributed by atoms with E-state index in [1.807, 2.05) is 49.4 Å². The van der Waals surface area contributed by atoms with Crippen molar-refractivity contribution >= 4 is 39.6 Å². The number of amides is 1. The number of carbonyl (C=O) groups excluding carboxylic acids is 1. The van der Waals surface area contributed by atoms with Crippen LogP contribution in [0, 0.1) is 0 Å². The van der Waals surface area contributed by atoms with E-state index in [9.17, 15) is 14.7 Å². The molecule has 1 amide bonds. The Bertz CT molecular complexity index is 1470. The minimum absolute atomic E-state index is 0.134. The Hall–Kier alpha value is -3.95. The predicted octanol–water partition coefficient (Wildman–Crippen LogP) is 4.82. The van der Waals surface area contributed by atoms with Gasteiger partial charge in [0.05, 0.1) is 12.2 Å². The van der Waals surface area contributed by atoms with Gasteiger partial charge in [0.2, 0.25) is 0 Å². The largest absolute Gasteiger partial charge is 0.477 e. The molecule has 5 rings (SSSR count). The monoisotopic (exact) mass is 515 g/mol. The second-order valence-corrected chi connectivity index (χ2v) is 9.90. The van der Waals surface area contributed by atoms with Crippen molar-refractivity contribution in [1.82, 2.24) is 14.5 Å². The number of likely N-dealkylation sites (tertiary alicyclic amines) is 1. The molecule has 1 aliphatic heterocycles. The summed E-state index contributed by atoms with van der Waals surface area (Å²) in [7, 11) is 0. The highest BCUT2D eigenvalue weighted by atomic mass is 16.6. The van der Waals surface area contributed by atoms with E-state index in [1.165, 1.54) is 19.3 Å². The smallest absolute Gasteiger partial charge is 0.411 e. The number of pyridine rings is 1. The Morgan fingerprint density at radius 2 is 1.87 bits per heavy atom. The summed E-state index contributed by atoms with van der Waals surface area (Å²) in [4.78, 5) is 31.8. The third kappa shape index (κ3) is 5.64. The van der Waals surface area contributed by atoms with Crippen LogP contribution in [0.4, 0.5) is 10.5 Å². The minimum atomic E-state index is -1.04. The lowest BCUT2D eigenvalue weighted by molar-refractivity contribution is 0.0685. The van der Waals surface area contributed by atoms with E-state index >= 15 is 0 Å². The van der Waals surface area contributed by atoms with Crippen molar-refractivity contribution in [3.05, 3.63) is 71.5 Å². The second kappa shape index (κ2) is 11.2. The van der Waals surface area contributed by atoms with Crippen LogP contribution in [0.1, 0.15) is 47.9 Å². The number of carboxylic acids is 1. The predicted molar refractivity (Wildman–Crippen MR) is 147 cm³/mol. The first-order chi connectivity index (χ1) is 18.4. The highest BCUT2D eigenvalue weighted by molar-refractivity contribution is 5.95. The number of ether oxygens (including phenoxy) is 1. The number of benzene rings is 2. The number of hydrogen-bond acceptors (Lipinski definition) is 6. The number of piperidine rings is 1. The van der Waals surface area contributed by atoms with Crippen LogP contribution in [0.25, 0.3) is 21.8 Å². The average molecular weight is 516 g/mol. The van der Waals surface area contributed by atoms with Gasteiger partial charge in [-0.1, -0.05) is 30.7 Å². The summed E-state index contributed by atoms with van der Waals surface area (Å²) in [5.74, 6) is -1.04. The zero-order valence-corrected chi connectivity index (χ0v) is 21.5.